The van der Waals surface area contributed by atoms with Gasteiger partial charge in [-0.2, -0.15) is 15.2 Å². The Morgan fingerprint density at radius 2 is 2.12 bits per heavy atom. The van der Waals surface area contributed by atoms with Gasteiger partial charge in [0.05, 0.1) is 10.0 Å². The predicted molar refractivity (Wildman–Crippen MR) is 100 cm³/mol. The third kappa shape index (κ3) is 5.62. The molecule has 26 heavy (non-hydrogen) atoms. The van der Waals surface area contributed by atoms with Crippen LogP contribution in [0.1, 0.15) is 6.92 Å². The number of carbonyl (C=O) groups excluding carboxylic acids is 1. The van der Waals surface area contributed by atoms with Crippen molar-refractivity contribution in [3.8, 4) is 23.2 Å². The molecule has 2 aromatic rings. The zero-order chi connectivity index (χ0) is 19.1. The molecule has 1 heterocycles. The van der Waals surface area contributed by atoms with Gasteiger partial charge < -0.3 is 15.8 Å². The highest BCUT2D eigenvalue weighted by Gasteiger charge is 2.15. The molecule has 1 aromatic heterocycles. The number of rotatable bonds is 7. The number of thioether (sulfide) groups is 1. The highest BCUT2D eigenvalue weighted by atomic mass is 35.5. The van der Waals surface area contributed by atoms with E-state index >= 15 is 0 Å². The summed E-state index contributed by atoms with van der Waals surface area (Å²) in [5, 5.41) is 12.3. The summed E-state index contributed by atoms with van der Waals surface area (Å²) in [5.74, 6) is 1.02. The van der Waals surface area contributed by atoms with Gasteiger partial charge in [-0.1, -0.05) is 35.0 Å². The first-order valence-electron chi connectivity index (χ1n) is 7.28. The molecule has 0 fully saturated rings. The second kappa shape index (κ2) is 9.43. The number of aromatic nitrogens is 3. The first kappa shape index (κ1) is 20.0. The number of nitrogen functional groups attached to an aromatic ring is 1. The van der Waals surface area contributed by atoms with Gasteiger partial charge in [0.25, 0.3) is 0 Å². The quantitative estimate of drug-likeness (QED) is 0.524. The Labute approximate surface area is 164 Å². The van der Waals surface area contributed by atoms with Gasteiger partial charge in [-0.05, 0) is 12.1 Å². The minimum atomic E-state index is -0.162. The normalized spacial score (nSPS) is 10.2. The molecule has 0 radical (unpaired) electrons. The minimum absolute atomic E-state index is 0.0301. The van der Waals surface area contributed by atoms with E-state index in [0.717, 1.165) is 0 Å². The number of nitrogens with two attached hydrogens (primary N) is 1. The molecule has 0 atom stereocenters. The number of carbonyl (C=O) groups is 1. The van der Waals surface area contributed by atoms with Gasteiger partial charge in [-0.25, -0.2) is 4.98 Å². The summed E-state index contributed by atoms with van der Waals surface area (Å²) in [5.41, 5.74) is 6.20. The van der Waals surface area contributed by atoms with Crippen molar-refractivity contribution < 1.29 is 9.53 Å². The van der Waals surface area contributed by atoms with Crippen LogP contribution in [-0.4, -0.2) is 39.8 Å². The van der Waals surface area contributed by atoms with E-state index < -0.39 is 0 Å². The molecule has 0 aliphatic heterocycles. The second-order valence-corrected chi connectivity index (χ2v) is 6.72. The highest BCUT2D eigenvalue weighted by Crippen LogP contribution is 2.36. The summed E-state index contributed by atoms with van der Waals surface area (Å²) in [4.78, 5) is 23.4. The first-order chi connectivity index (χ1) is 12.4. The Morgan fingerprint density at radius 1 is 1.35 bits per heavy atom. The first-order valence-corrected chi connectivity index (χ1v) is 9.02. The summed E-state index contributed by atoms with van der Waals surface area (Å²) in [6, 6.07) is 4.89. The second-order valence-electron chi connectivity index (χ2n) is 4.84. The molecule has 0 spiro atoms. The maximum Gasteiger partial charge on any atom is 0.224 e. The van der Waals surface area contributed by atoms with Crippen LogP contribution in [0.15, 0.2) is 17.3 Å². The van der Waals surface area contributed by atoms with Gasteiger partial charge in [0.15, 0.2) is 17.6 Å². The van der Waals surface area contributed by atoms with E-state index in [9.17, 15) is 4.79 Å². The Morgan fingerprint density at radius 3 is 2.81 bits per heavy atom. The lowest BCUT2D eigenvalue weighted by Gasteiger charge is -2.10. The Hall–Kier alpha value is -2.28. The molecule has 0 saturated carbocycles. The molecule has 2 rings (SSSR count). The molecule has 0 bridgehead atoms. The number of hydrogen-bond acceptors (Lipinski definition) is 8. The summed E-state index contributed by atoms with van der Waals surface area (Å²) >= 11 is 13.6. The Balaban J connectivity index is 2.27. The lowest BCUT2D eigenvalue weighted by molar-refractivity contribution is -0.118. The number of nitrogens with zero attached hydrogens (tertiary/aromatic N) is 4. The molecule has 136 valence electrons. The fourth-order valence-corrected chi connectivity index (χ4v) is 3.07. The molecule has 0 saturated heterocycles. The monoisotopic (exact) mass is 412 g/mol. The van der Waals surface area contributed by atoms with Crippen LogP contribution in [0.3, 0.4) is 0 Å². The van der Waals surface area contributed by atoms with Gasteiger partial charge in [-0.15, -0.1) is 0 Å². The van der Waals surface area contributed by atoms with Crippen molar-refractivity contribution in [3.63, 3.8) is 0 Å². The molecule has 0 aliphatic carbocycles. The van der Waals surface area contributed by atoms with E-state index in [2.05, 4.69) is 20.3 Å². The number of benzene rings is 1. The van der Waals surface area contributed by atoms with E-state index in [4.69, 9.17) is 38.9 Å². The predicted octanol–water partition coefficient (Wildman–Crippen LogP) is 2.56. The molecule has 3 N–H and O–H groups in total. The number of amides is 1. The van der Waals surface area contributed by atoms with Crippen molar-refractivity contribution in [2.24, 2.45) is 0 Å². The van der Waals surface area contributed by atoms with Gasteiger partial charge in [-0.3, -0.25) is 4.79 Å². The zero-order valence-electron chi connectivity index (χ0n) is 13.6. The Kier molecular flexibility index (Phi) is 7.26. The van der Waals surface area contributed by atoms with Crippen LogP contribution in [0.4, 0.5) is 5.95 Å². The van der Waals surface area contributed by atoms with Crippen LogP contribution in [0.2, 0.25) is 10.0 Å². The highest BCUT2D eigenvalue weighted by molar-refractivity contribution is 7.99. The summed E-state index contributed by atoms with van der Waals surface area (Å²) in [6.07, 6.45) is 0. The van der Waals surface area contributed by atoms with Crippen molar-refractivity contribution in [1.82, 2.24) is 20.3 Å². The summed E-state index contributed by atoms with van der Waals surface area (Å²) in [6.45, 7) is 1.75. The van der Waals surface area contributed by atoms with Crippen LogP contribution in [0.5, 0.6) is 5.75 Å². The van der Waals surface area contributed by atoms with Crippen LogP contribution >= 0.6 is 35.0 Å². The van der Waals surface area contributed by atoms with Crippen LogP contribution < -0.4 is 15.8 Å². The van der Waals surface area contributed by atoms with Gasteiger partial charge >= 0.3 is 0 Å². The number of anilines is 1. The topological polar surface area (TPSA) is 127 Å². The van der Waals surface area contributed by atoms with E-state index in [1.165, 1.54) is 24.8 Å². The van der Waals surface area contributed by atoms with Crippen molar-refractivity contribution in [3.05, 3.63) is 22.2 Å². The van der Waals surface area contributed by atoms with E-state index in [1.54, 1.807) is 6.07 Å². The average molecular weight is 413 g/mol. The molecular weight excluding hydrogens is 399 g/mol. The molecule has 1 amide bonds. The molecule has 1 aromatic carbocycles. The maximum absolute atomic E-state index is 10.9. The summed E-state index contributed by atoms with van der Waals surface area (Å²) < 4.78 is 5.27. The third-order valence-corrected chi connectivity index (χ3v) is 4.35. The van der Waals surface area contributed by atoms with Crippen molar-refractivity contribution in [2.45, 2.75) is 12.1 Å². The maximum atomic E-state index is 10.9. The van der Waals surface area contributed by atoms with E-state index in [-0.39, 0.29) is 35.1 Å². The van der Waals surface area contributed by atoms with E-state index in [0.29, 0.717) is 28.0 Å². The lowest BCUT2D eigenvalue weighted by Crippen LogP contribution is -2.22. The Bertz CT molecular complexity index is 859. The molecule has 8 nitrogen and oxygen atoms in total. The largest absolute Gasteiger partial charge is 0.477 e. The fraction of sp³-hybridized carbons (Fsp3) is 0.267. The van der Waals surface area contributed by atoms with Crippen molar-refractivity contribution >= 4 is 46.8 Å². The fourth-order valence-electron chi connectivity index (χ4n) is 1.85. The summed E-state index contributed by atoms with van der Waals surface area (Å²) in [7, 11) is 0. The molecule has 0 unspecified atom stereocenters. The number of nitrogens with one attached hydrogen (secondary N) is 1. The van der Waals surface area contributed by atoms with Gasteiger partial charge in [0.2, 0.25) is 11.9 Å². The SMILES string of the molecule is CC(=O)NCCSc1nc(N)nc(-c2cc(OCC#N)c(Cl)cc2Cl)n1. The number of hydrogen-bond donors (Lipinski definition) is 2. The number of ether oxygens (including phenoxy) is 1. The number of nitriles is 1. The molecule has 11 heteroatoms. The smallest absolute Gasteiger partial charge is 0.224 e. The van der Waals surface area contributed by atoms with Crippen LogP contribution in [-0.2, 0) is 4.79 Å². The minimum Gasteiger partial charge on any atom is -0.477 e. The van der Waals surface area contributed by atoms with Crippen molar-refractivity contribution in [2.75, 3.05) is 24.6 Å². The van der Waals surface area contributed by atoms with Crippen LogP contribution in [0, 0.1) is 11.3 Å². The van der Waals surface area contributed by atoms with Crippen LogP contribution in [0.25, 0.3) is 11.4 Å². The lowest BCUT2D eigenvalue weighted by atomic mass is 10.2. The number of halogens is 2. The van der Waals surface area contributed by atoms with Gasteiger partial charge in [0, 0.05) is 24.8 Å². The zero-order valence-corrected chi connectivity index (χ0v) is 16.0. The third-order valence-electron chi connectivity index (χ3n) is 2.89. The van der Waals surface area contributed by atoms with Crippen molar-refractivity contribution in [1.29, 1.82) is 5.26 Å². The molecular formula is C15H14Cl2N6O2S. The van der Waals surface area contributed by atoms with E-state index in [1.807, 2.05) is 6.07 Å². The average Bonchev–Trinajstić information content (AvgIpc) is 2.57. The van der Waals surface area contributed by atoms with Gasteiger partial charge in [0.1, 0.15) is 11.8 Å². The molecule has 0 aliphatic rings. The standard InChI is InChI=1S/C15H14Cl2N6O2S/c1-8(24)20-3-5-26-15-22-13(21-14(19)23-15)9-6-12(25-4-2-18)11(17)7-10(9)16/h6-7H,3-5H2,1H3,(H,20,24)(H2,19,21,22,23).